The van der Waals surface area contributed by atoms with Crippen LogP contribution in [0.1, 0.15) is 19.8 Å². The van der Waals surface area contributed by atoms with Gasteiger partial charge in [-0.2, -0.15) is 0 Å². The van der Waals surface area contributed by atoms with Crippen LogP contribution in [0.2, 0.25) is 0 Å². The van der Waals surface area contributed by atoms with Crippen molar-refractivity contribution in [1.82, 2.24) is 0 Å². The number of allylic oxidation sites excluding steroid dienone is 2. The van der Waals surface area contributed by atoms with Crippen LogP contribution in [0.25, 0.3) is 0 Å². The molecule has 1 unspecified atom stereocenters. The highest BCUT2D eigenvalue weighted by Gasteiger charge is 2.06. The van der Waals surface area contributed by atoms with Crippen molar-refractivity contribution in [2.45, 2.75) is 25.9 Å². The summed E-state index contributed by atoms with van der Waals surface area (Å²) in [5, 5.41) is 0. The van der Waals surface area contributed by atoms with Gasteiger partial charge in [0.05, 0.1) is 6.26 Å². The van der Waals surface area contributed by atoms with E-state index < -0.39 is 0 Å². The van der Waals surface area contributed by atoms with Gasteiger partial charge in [-0.1, -0.05) is 5.57 Å². The SMILES string of the molecule is C/C(=C\C1CCC=CO1)CCl. The van der Waals surface area contributed by atoms with E-state index >= 15 is 0 Å². The fraction of sp³-hybridized carbons (Fsp3) is 0.556. The number of alkyl halides is 1. The highest BCUT2D eigenvalue weighted by Crippen LogP contribution is 2.13. The van der Waals surface area contributed by atoms with Gasteiger partial charge in [-0.05, 0) is 31.9 Å². The summed E-state index contributed by atoms with van der Waals surface area (Å²) in [7, 11) is 0. The van der Waals surface area contributed by atoms with Gasteiger partial charge in [0.15, 0.2) is 0 Å². The van der Waals surface area contributed by atoms with Crippen LogP contribution in [0.15, 0.2) is 24.0 Å². The van der Waals surface area contributed by atoms with Crippen molar-refractivity contribution in [3.05, 3.63) is 24.0 Å². The topological polar surface area (TPSA) is 9.23 Å². The van der Waals surface area contributed by atoms with E-state index in [4.69, 9.17) is 16.3 Å². The van der Waals surface area contributed by atoms with E-state index in [-0.39, 0.29) is 6.10 Å². The first-order valence-corrected chi connectivity index (χ1v) is 4.40. The Balaban J connectivity index is 2.42. The minimum atomic E-state index is 0.249. The quantitative estimate of drug-likeness (QED) is 0.460. The standard InChI is InChI=1S/C9H13ClO/c1-8(7-10)6-9-4-2-3-5-11-9/h3,5-6,9H,2,4,7H2,1H3/b8-6+. The number of halogens is 1. The Bertz CT molecular complexity index is 172. The summed E-state index contributed by atoms with van der Waals surface area (Å²) in [5.41, 5.74) is 1.19. The van der Waals surface area contributed by atoms with Crippen LogP contribution in [-0.4, -0.2) is 12.0 Å². The zero-order valence-electron chi connectivity index (χ0n) is 6.72. The lowest BCUT2D eigenvalue weighted by Gasteiger charge is -2.16. The predicted molar refractivity (Wildman–Crippen MR) is 47.7 cm³/mol. The van der Waals surface area contributed by atoms with Gasteiger partial charge in [-0.3, -0.25) is 0 Å². The maximum Gasteiger partial charge on any atom is 0.116 e. The van der Waals surface area contributed by atoms with Gasteiger partial charge in [0.1, 0.15) is 6.10 Å². The summed E-state index contributed by atoms with van der Waals surface area (Å²) in [5.74, 6) is 0.601. The molecule has 11 heavy (non-hydrogen) atoms. The molecular weight excluding hydrogens is 160 g/mol. The lowest BCUT2D eigenvalue weighted by Crippen LogP contribution is -2.09. The number of ether oxygens (including phenoxy) is 1. The summed E-state index contributed by atoms with van der Waals surface area (Å²) in [6.07, 6.45) is 8.34. The van der Waals surface area contributed by atoms with Crippen LogP contribution in [-0.2, 0) is 4.74 Å². The Kier molecular flexibility index (Phi) is 3.50. The van der Waals surface area contributed by atoms with Crippen molar-refractivity contribution in [2.75, 3.05) is 5.88 Å². The van der Waals surface area contributed by atoms with Crippen LogP contribution in [0, 0.1) is 0 Å². The molecule has 0 fully saturated rings. The minimum absolute atomic E-state index is 0.249. The van der Waals surface area contributed by atoms with Gasteiger partial charge in [-0.25, -0.2) is 0 Å². The Morgan fingerprint density at radius 3 is 3.18 bits per heavy atom. The third-order valence-corrected chi connectivity index (χ3v) is 2.07. The first-order chi connectivity index (χ1) is 5.33. The zero-order valence-corrected chi connectivity index (χ0v) is 7.47. The van der Waals surface area contributed by atoms with Gasteiger partial charge in [-0.15, -0.1) is 11.6 Å². The van der Waals surface area contributed by atoms with Crippen molar-refractivity contribution in [2.24, 2.45) is 0 Å². The van der Waals surface area contributed by atoms with E-state index in [1.165, 1.54) is 5.57 Å². The molecule has 0 saturated heterocycles. The van der Waals surface area contributed by atoms with Gasteiger partial charge < -0.3 is 4.74 Å². The lowest BCUT2D eigenvalue weighted by molar-refractivity contribution is 0.164. The first-order valence-electron chi connectivity index (χ1n) is 3.86. The van der Waals surface area contributed by atoms with Crippen molar-refractivity contribution in [1.29, 1.82) is 0 Å². The Hall–Kier alpha value is -0.430. The van der Waals surface area contributed by atoms with E-state index in [2.05, 4.69) is 6.08 Å². The van der Waals surface area contributed by atoms with Crippen LogP contribution < -0.4 is 0 Å². The maximum atomic E-state index is 5.63. The summed E-state index contributed by atoms with van der Waals surface area (Å²) >= 11 is 5.63. The van der Waals surface area contributed by atoms with Crippen molar-refractivity contribution in [3.63, 3.8) is 0 Å². The van der Waals surface area contributed by atoms with Crippen molar-refractivity contribution >= 4 is 11.6 Å². The molecule has 0 aliphatic carbocycles. The fourth-order valence-corrected chi connectivity index (χ4v) is 1.13. The van der Waals surface area contributed by atoms with E-state index in [0.29, 0.717) is 5.88 Å². The lowest BCUT2D eigenvalue weighted by atomic mass is 10.1. The zero-order chi connectivity index (χ0) is 8.10. The Labute approximate surface area is 72.7 Å². The average molecular weight is 173 g/mol. The summed E-state index contributed by atoms with van der Waals surface area (Å²) in [6.45, 7) is 2.02. The van der Waals surface area contributed by atoms with E-state index in [1.807, 2.05) is 13.0 Å². The molecule has 1 rings (SSSR count). The molecule has 0 aromatic rings. The summed E-state index contributed by atoms with van der Waals surface area (Å²) < 4.78 is 5.33. The molecule has 1 atom stereocenters. The molecule has 1 aliphatic heterocycles. The molecule has 0 radical (unpaired) electrons. The summed E-state index contributed by atoms with van der Waals surface area (Å²) in [4.78, 5) is 0. The molecule has 0 N–H and O–H groups in total. The van der Waals surface area contributed by atoms with Gasteiger partial charge in [0.2, 0.25) is 0 Å². The van der Waals surface area contributed by atoms with E-state index in [1.54, 1.807) is 6.26 Å². The molecule has 0 saturated carbocycles. The van der Waals surface area contributed by atoms with E-state index in [0.717, 1.165) is 12.8 Å². The number of hydrogen-bond acceptors (Lipinski definition) is 1. The number of hydrogen-bond donors (Lipinski definition) is 0. The van der Waals surface area contributed by atoms with Crippen molar-refractivity contribution < 1.29 is 4.74 Å². The smallest absolute Gasteiger partial charge is 0.116 e. The largest absolute Gasteiger partial charge is 0.494 e. The van der Waals surface area contributed by atoms with Crippen LogP contribution in [0.3, 0.4) is 0 Å². The molecule has 0 aromatic heterocycles. The normalized spacial score (nSPS) is 24.9. The third-order valence-electron chi connectivity index (χ3n) is 1.65. The van der Waals surface area contributed by atoms with Crippen molar-refractivity contribution in [3.8, 4) is 0 Å². The van der Waals surface area contributed by atoms with E-state index in [9.17, 15) is 0 Å². The highest BCUT2D eigenvalue weighted by atomic mass is 35.5. The molecule has 0 spiro atoms. The first kappa shape index (κ1) is 8.66. The van der Waals surface area contributed by atoms with Crippen LogP contribution >= 0.6 is 11.6 Å². The monoisotopic (exact) mass is 172 g/mol. The molecule has 1 heterocycles. The third kappa shape index (κ3) is 2.98. The second-order valence-corrected chi connectivity index (χ2v) is 3.04. The Morgan fingerprint density at radius 1 is 1.82 bits per heavy atom. The Morgan fingerprint density at radius 2 is 2.64 bits per heavy atom. The maximum absolute atomic E-state index is 5.63. The molecule has 1 nitrogen and oxygen atoms in total. The highest BCUT2D eigenvalue weighted by molar-refractivity contribution is 6.19. The second-order valence-electron chi connectivity index (χ2n) is 2.77. The minimum Gasteiger partial charge on any atom is -0.494 e. The molecular formula is C9H13ClO. The van der Waals surface area contributed by atoms with Gasteiger partial charge in [0, 0.05) is 5.88 Å². The average Bonchev–Trinajstić information content (AvgIpc) is 2.06. The van der Waals surface area contributed by atoms with Gasteiger partial charge in [0.25, 0.3) is 0 Å². The fourth-order valence-electron chi connectivity index (χ4n) is 1.04. The van der Waals surface area contributed by atoms with Crippen LogP contribution in [0.5, 0.6) is 0 Å². The molecule has 0 aromatic carbocycles. The molecule has 0 bridgehead atoms. The number of rotatable bonds is 2. The second kappa shape index (κ2) is 4.45. The molecule has 1 aliphatic rings. The predicted octanol–water partition coefficient (Wildman–Crippen LogP) is 2.86. The summed E-state index contributed by atoms with van der Waals surface area (Å²) in [6, 6.07) is 0. The van der Waals surface area contributed by atoms with Crippen LogP contribution in [0.4, 0.5) is 0 Å². The molecule has 62 valence electrons. The van der Waals surface area contributed by atoms with Gasteiger partial charge >= 0.3 is 0 Å². The molecule has 2 heteroatoms. The molecule has 0 amide bonds.